The molecule has 5 heteroatoms. The molecular formula is C15H16N4O. The van der Waals surface area contributed by atoms with E-state index in [-0.39, 0.29) is 5.91 Å². The molecule has 0 bridgehead atoms. The minimum absolute atomic E-state index is 0.119. The van der Waals surface area contributed by atoms with Gasteiger partial charge in [-0.2, -0.15) is 5.26 Å². The van der Waals surface area contributed by atoms with Gasteiger partial charge in [-0.05, 0) is 26.0 Å². The summed E-state index contributed by atoms with van der Waals surface area (Å²) in [6.07, 6.45) is 0. The Kier molecular flexibility index (Phi) is 4.16. The highest BCUT2D eigenvalue weighted by Crippen LogP contribution is 2.20. The number of carbonyl (C=O) groups excluding carboxylic acids is 1. The molecule has 1 amide bonds. The summed E-state index contributed by atoms with van der Waals surface area (Å²) < 4.78 is 0. The molecule has 0 saturated heterocycles. The Balaban J connectivity index is 2.33. The van der Waals surface area contributed by atoms with Crippen LogP contribution in [-0.2, 0) is 4.79 Å². The van der Waals surface area contributed by atoms with E-state index in [1.807, 2.05) is 31.2 Å². The molecular weight excluding hydrogens is 252 g/mol. The lowest BCUT2D eigenvalue weighted by Gasteiger charge is -2.15. The molecule has 2 aromatic rings. The number of rotatable bonds is 4. The third-order valence-corrected chi connectivity index (χ3v) is 2.94. The van der Waals surface area contributed by atoms with Crippen LogP contribution in [0, 0.1) is 11.3 Å². The van der Waals surface area contributed by atoms with Gasteiger partial charge in [0.2, 0.25) is 5.91 Å². The number of hydrogen-bond acceptors (Lipinski definition) is 4. The van der Waals surface area contributed by atoms with Crippen molar-refractivity contribution < 1.29 is 4.79 Å². The van der Waals surface area contributed by atoms with Gasteiger partial charge in [-0.25, -0.2) is 4.98 Å². The van der Waals surface area contributed by atoms with Crippen LogP contribution in [0.25, 0.3) is 10.9 Å². The van der Waals surface area contributed by atoms with Gasteiger partial charge >= 0.3 is 0 Å². The first-order valence-corrected chi connectivity index (χ1v) is 6.50. The average molecular weight is 268 g/mol. The van der Waals surface area contributed by atoms with E-state index >= 15 is 0 Å². The van der Waals surface area contributed by atoms with Crippen molar-refractivity contribution in [2.24, 2.45) is 0 Å². The highest BCUT2D eigenvalue weighted by atomic mass is 16.2. The predicted molar refractivity (Wildman–Crippen MR) is 78.2 cm³/mol. The number of para-hydroxylation sites is 1. The minimum Gasteiger partial charge on any atom is -0.358 e. The van der Waals surface area contributed by atoms with Crippen LogP contribution in [0.2, 0.25) is 0 Å². The number of likely N-dealkylation sites (N-methyl/N-ethyl adjacent to an activating group) is 1. The van der Waals surface area contributed by atoms with Crippen LogP contribution in [0.15, 0.2) is 30.3 Å². The Hall–Kier alpha value is -2.61. The molecule has 5 nitrogen and oxygen atoms in total. The number of fused-ring (bicyclic) bond motifs is 1. The first kappa shape index (κ1) is 13.8. The number of aromatic nitrogens is 1. The maximum atomic E-state index is 11.7. The first-order chi connectivity index (χ1) is 9.65. The van der Waals surface area contributed by atoms with E-state index in [2.05, 4.69) is 21.7 Å². The summed E-state index contributed by atoms with van der Waals surface area (Å²) in [6, 6.07) is 11.0. The number of amides is 1. The molecule has 1 atom stereocenters. The number of carbonyl (C=O) groups is 1. The molecule has 20 heavy (non-hydrogen) atoms. The fourth-order valence-corrected chi connectivity index (χ4v) is 1.91. The second kappa shape index (κ2) is 6.02. The Morgan fingerprint density at radius 1 is 1.45 bits per heavy atom. The number of nitrogens with zero attached hydrogens (tertiary/aromatic N) is 2. The molecule has 0 aliphatic rings. The molecule has 1 heterocycles. The van der Waals surface area contributed by atoms with E-state index in [1.165, 1.54) is 0 Å². The lowest BCUT2D eigenvalue weighted by molar-refractivity contribution is -0.121. The SMILES string of the molecule is CCNC(=O)C(C)Nc1nc2ccccc2cc1C#N. The maximum absolute atomic E-state index is 11.7. The van der Waals surface area contributed by atoms with Crippen LogP contribution >= 0.6 is 0 Å². The zero-order valence-corrected chi connectivity index (χ0v) is 11.5. The quantitative estimate of drug-likeness (QED) is 0.889. The van der Waals surface area contributed by atoms with Crippen molar-refractivity contribution in [3.63, 3.8) is 0 Å². The van der Waals surface area contributed by atoms with Crippen molar-refractivity contribution in [1.82, 2.24) is 10.3 Å². The maximum Gasteiger partial charge on any atom is 0.242 e. The predicted octanol–water partition coefficient (Wildman–Crippen LogP) is 2.04. The third kappa shape index (κ3) is 2.86. The molecule has 102 valence electrons. The van der Waals surface area contributed by atoms with Crippen LogP contribution in [0.5, 0.6) is 0 Å². The summed E-state index contributed by atoms with van der Waals surface area (Å²) in [5, 5.41) is 15.8. The van der Waals surface area contributed by atoms with Crippen LogP contribution in [-0.4, -0.2) is 23.5 Å². The Morgan fingerprint density at radius 3 is 2.90 bits per heavy atom. The van der Waals surface area contributed by atoms with E-state index in [4.69, 9.17) is 0 Å². The molecule has 0 saturated carbocycles. The largest absolute Gasteiger partial charge is 0.358 e. The van der Waals surface area contributed by atoms with Gasteiger partial charge < -0.3 is 10.6 Å². The highest BCUT2D eigenvalue weighted by molar-refractivity contribution is 5.86. The van der Waals surface area contributed by atoms with E-state index in [0.717, 1.165) is 10.9 Å². The number of benzene rings is 1. The fourth-order valence-electron chi connectivity index (χ4n) is 1.91. The Morgan fingerprint density at radius 2 is 2.20 bits per heavy atom. The van der Waals surface area contributed by atoms with Gasteiger partial charge in [0, 0.05) is 11.9 Å². The van der Waals surface area contributed by atoms with Gasteiger partial charge in [-0.1, -0.05) is 18.2 Å². The summed E-state index contributed by atoms with van der Waals surface area (Å²) in [5.74, 6) is 0.316. The van der Waals surface area contributed by atoms with E-state index in [0.29, 0.717) is 17.9 Å². The average Bonchev–Trinajstić information content (AvgIpc) is 2.46. The minimum atomic E-state index is -0.448. The molecule has 0 aliphatic heterocycles. The molecule has 2 N–H and O–H groups in total. The number of nitriles is 1. The zero-order valence-electron chi connectivity index (χ0n) is 11.5. The number of hydrogen-bond donors (Lipinski definition) is 2. The molecule has 0 radical (unpaired) electrons. The van der Waals surface area contributed by atoms with Gasteiger partial charge in [0.25, 0.3) is 0 Å². The normalized spacial score (nSPS) is 11.7. The molecule has 0 fully saturated rings. The molecule has 1 aromatic carbocycles. The van der Waals surface area contributed by atoms with E-state index in [1.54, 1.807) is 13.0 Å². The molecule has 0 spiro atoms. The smallest absolute Gasteiger partial charge is 0.242 e. The van der Waals surface area contributed by atoms with Crippen LogP contribution in [0.3, 0.4) is 0 Å². The summed E-state index contributed by atoms with van der Waals surface area (Å²) in [7, 11) is 0. The molecule has 0 aliphatic carbocycles. The van der Waals surface area contributed by atoms with Gasteiger partial charge in [0.15, 0.2) is 0 Å². The van der Waals surface area contributed by atoms with Crippen molar-refractivity contribution in [1.29, 1.82) is 5.26 Å². The van der Waals surface area contributed by atoms with Crippen molar-refractivity contribution in [2.75, 3.05) is 11.9 Å². The summed E-state index contributed by atoms with van der Waals surface area (Å²) in [6.45, 7) is 4.17. The van der Waals surface area contributed by atoms with Gasteiger partial charge in [-0.15, -0.1) is 0 Å². The van der Waals surface area contributed by atoms with Gasteiger partial charge in [0.1, 0.15) is 17.9 Å². The molecule has 1 unspecified atom stereocenters. The second-order valence-corrected chi connectivity index (χ2v) is 4.45. The lowest BCUT2D eigenvalue weighted by atomic mass is 10.1. The first-order valence-electron chi connectivity index (χ1n) is 6.50. The fraction of sp³-hybridized carbons (Fsp3) is 0.267. The van der Waals surface area contributed by atoms with Crippen LogP contribution in [0.4, 0.5) is 5.82 Å². The molecule has 1 aromatic heterocycles. The van der Waals surface area contributed by atoms with Crippen LogP contribution < -0.4 is 10.6 Å². The Labute approximate surface area is 117 Å². The number of anilines is 1. The third-order valence-electron chi connectivity index (χ3n) is 2.94. The summed E-state index contributed by atoms with van der Waals surface area (Å²) in [4.78, 5) is 16.1. The van der Waals surface area contributed by atoms with Gasteiger partial charge in [0.05, 0.1) is 11.1 Å². The summed E-state index contributed by atoms with van der Waals surface area (Å²) in [5.41, 5.74) is 1.22. The number of nitrogens with one attached hydrogen (secondary N) is 2. The van der Waals surface area contributed by atoms with Crippen molar-refractivity contribution >= 4 is 22.6 Å². The number of pyridine rings is 1. The standard InChI is InChI=1S/C15H16N4O/c1-3-17-15(20)10(2)18-14-12(9-16)8-11-6-4-5-7-13(11)19-14/h4-8,10H,3H2,1-2H3,(H,17,20)(H,18,19). The van der Waals surface area contributed by atoms with E-state index < -0.39 is 6.04 Å². The van der Waals surface area contributed by atoms with Gasteiger partial charge in [-0.3, -0.25) is 4.79 Å². The summed E-state index contributed by atoms with van der Waals surface area (Å²) >= 11 is 0. The zero-order chi connectivity index (χ0) is 14.5. The van der Waals surface area contributed by atoms with Crippen molar-refractivity contribution in [3.05, 3.63) is 35.9 Å². The van der Waals surface area contributed by atoms with E-state index in [9.17, 15) is 10.1 Å². The van der Waals surface area contributed by atoms with Crippen LogP contribution in [0.1, 0.15) is 19.4 Å². The monoisotopic (exact) mass is 268 g/mol. The van der Waals surface area contributed by atoms with Crippen molar-refractivity contribution in [2.45, 2.75) is 19.9 Å². The molecule has 2 rings (SSSR count). The van der Waals surface area contributed by atoms with Crippen molar-refractivity contribution in [3.8, 4) is 6.07 Å². The lowest BCUT2D eigenvalue weighted by Crippen LogP contribution is -2.37. The Bertz CT molecular complexity index is 675. The second-order valence-electron chi connectivity index (χ2n) is 4.45. The topological polar surface area (TPSA) is 77.8 Å². The highest BCUT2D eigenvalue weighted by Gasteiger charge is 2.14.